The van der Waals surface area contributed by atoms with Crippen LogP contribution in [-0.2, 0) is 16.0 Å². The van der Waals surface area contributed by atoms with E-state index in [-0.39, 0.29) is 29.6 Å². The number of pyridine rings is 1. The average Bonchev–Trinajstić information content (AvgIpc) is 3.53. The number of aromatic nitrogens is 1. The summed E-state index contributed by atoms with van der Waals surface area (Å²) >= 11 is 0. The van der Waals surface area contributed by atoms with Gasteiger partial charge in [0, 0.05) is 44.2 Å². The maximum absolute atomic E-state index is 13.2. The van der Waals surface area contributed by atoms with Crippen LogP contribution >= 0.6 is 0 Å². The third-order valence-corrected chi connectivity index (χ3v) is 5.47. The molecule has 0 amide bonds. The lowest BCUT2D eigenvalue weighted by molar-refractivity contribution is -0.384. The summed E-state index contributed by atoms with van der Waals surface area (Å²) in [6, 6.07) is 4.68. The highest BCUT2D eigenvalue weighted by Crippen LogP contribution is 2.41. The number of benzene rings is 1. The first-order valence-corrected chi connectivity index (χ1v) is 9.33. The second kappa shape index (κ2) is 7.40. The minimum Gasteiger partial charge on any atom is -0.486 e. The molecular formula is C19H23N3O6. The van der Waals surface area contributed by atoms with Crippen LogP contribution in [0.15, 0.2) is 23.0 Å². The fourth-order valence-electron chi connectivity index (χ4n) is 3.78. The highest BCUT2D eigenvalue weighted by atomic mass is 16.7. The SMILES string of the molecule is COC(Cn1c(=O)c2c(c3cc([N+](=O)[O-])ccc31)N[C@@H](C1CC1)CCO2)OC. The monoisotopic (exact) mass is 389 g/mol. The predicted molar refractivity (Wildman–Crippen MR) is 103 cm³/mol. The number of rotatable bonds is 6. The van der Waals surface area contributed by atoms with Crippen molar-refractivity contribution < 1.29 is 19.1 Å². The van der Waals surface area contributed by atoms with E-state index in [1.54, 1.807) is 6.07 Å². The molecule has 150 valence electrons. The fourth-order valence-corrected chi connectivity index (χ4v) is 3.78. The van der Waals surface area contributed by atoms with Gasteiger partial charge in [-0.15, -0.1) is 0 Å². The summed E-state index contributed by atoms with van der Waals surface area (Å²) < 4.78 is 17.8. The van der Waals surface area contributed by atoms with E-state index < -0.39 is 11.2 Å². The summed E-state index contributed by atoms with van der Waals surface area (Å²) in [5.74, 6) is 0.749. The van der Waals surface area contributed by atoms with Gasteiger partial charge in [-0.25, -0.2) is 0 Å². The van der Waals surface area contributed by atoms with Crippen molar-refractivity contribution in [2.45, 2.75) is 38.1 Å². The smallest absolute Gasteiger partial charge is 0.295 e. The van der Waals surface area contributed by atoms with Crippen molar-refractivity contribution in [3.63, 3.8) is 0 Å². The molecule has 0 saturated heterocycles. The minimum atomic E-state index is -0.632. The number of hydrogen-bond acceptors (Lipinski definition) is 7. The van der Waals surface area contributed by atoms with Gasteiger partial charge in [-0.1, -0.05) is 0 Å². The van der Waals surface area contributed by atoms with Crippen molar-refractivity contribution in [2.75, 3.05) is 26.1 Å². The lowest BCUT2D eigenvalue weighted by Gasteiger charge is -2.21. The molecule has 0 bridgehead atoms. The Labute approximate surface area is 161 Å². The number of anilines is 1. The molecule has 0 spiro atoms. The molecule has 9 nitrogen and oxygen atoms in total. The van der Waals surface area contributed by atoms with E-state index in [1.807, 2.05) is 0 Å². The Bertz CT molecular complexity index is 964. The molecule has 1 N–H and O–H groups in total. The molecule has 2 aromatic rings. The Morgan fingerprint density at radius 2 is 2.07 bits per heavy atom. The lowest BCUT2D eigenvalue weighted by Crippen LogP contribution is -2.30. The van der Waals surface area contributed by atoms with E-state index in [4.69, 9.17) is 14.2 Å². The molecule has 1 aromatic carbocycles. The standard InChI is InChI=1S/C19H23N3O6/c1-26-16(27-2)10-21-15-6-5-12(22(24)25)9-13(15)17-18(19(21)23)28-8-7-14(20-17)11-3-4-11/h5-6,9,11,14,16,20H,3-4,7-8,10H2,1-2H3/t14-/m1/s1. The second-order valence-electron chi connectivity index (χ2n) is 7.20. The van der Waals surface area contributed by atoms with Gasteiger partial charge in [0.15, 0.2) is 6.29 Å². The van der Waals surface area contributed by atoms with Gasteiger partial charge in [0.25, 0.3) is 11.2 Å². The number of fused-ring (bicyclic) bond motifs is 3. The molecule has 2 heterocycles. The summed E-state index contributed by atoms with van der Waals surface area (Å²) in [4.78, 5) is 24.1. The Hall–Kier alpha value is -2.65. The zero-order valence-corrected chi connectivity index (χ0v) is 15.8. The number of non-ortho nitro benzene ring substituents is 1. The normalized spacial score (nSPS) is 19.0. The van der Waals surface area contributed by atoms with Crippen LogP contribution in [0.5, 0.6) is 5.75 Å². The van der Waals surface area contributed by atoms with Gasteiger partial charge in [-0.3, -0.25) is 19.5 Å². The number of nitrogens with zero attached hydrogens (tertiary/aromatic N) is 2. The summed E-state index contributed by atoms with van der Waals surface area (Å²) in [7, 11) is 2.99. The molecule has 4 rings (SSSR count). The largest absolute Gasteiger partial charge is 0.486 e. The molecule has 1 aromatic heterocycles. The molecule has 1 atom stereocenters. The Kier molecular flexibility index (Phi) is 4.94. The molecule has 1 fully saturated rings. The topological polar surface area (TPSA) is 105 Å². The van der Waals surface area contributed by atoms with Crippen LogP contribution in [0.3, 0.4) is 0 Å². The van der Waals surface area contributed by atoms with Gasteiger partial charge < -0.3 is 19.5 Å². The first kappa shape index (κ1) is 18.7. The third kappa shape index (κ3) is 3.31. The lowest BCUT2D eigenvalue weighted by atomic mass is 10.1. The van der Waals surface area contributed by atoms with Gasteiger partial charge >= 0.3 is 0 Å². The molecule has 1 aliphatic heterocycles. The van der Waals surface area contributed by atoms with Crippen LogP contribution in [0.4, 0.5) is 11.4 Å². The van der Waals surface area contributed by atoms with Gasteiger partial charge in [0.05, 0.1) is 29.3 Å². The Morgan fingerprint density at radius 3 is 2.71 bits per heavy atom. The number of hydrogen-bond donors (Lipinski definition) is 1. The molecular weight excluding hydrogens is 366 g/mol. The first-order chi connectivity index (χ1) is 13.5. The summed E-state index contributed by atoms with van der Waals surface area (Å²) in [6.07, 6.45) is 2.44. The average molecular weight is 389 g/mol. The van der Waals surface area contributed by atoms with E-state index in [9.17, 15) is 14.9 Å². The highest BCUT2D eigenvalue weighted by molar-refractivity contribution is 5.96. The molecule has 0 unspecified atom stereocenters. The summed E-state index contributed by atoms with van der Waals surface area (Å²) in [5.41, 5.74) is 0.769. The number of nitrogens with one attached hydrogen (secondary N) is 1. The van der Waals surface area contributed by atoms with E-state index in [1.165, 1.54) is 30.9 Å². The van der Waals surface area contributed by atoms with Crippen molar-refractivity contribution in [2.24, 2.45) is 5.92 Å². The van der Waals surface area contributed by atoms with Crippen molar-refractivity contribution in [1.82, 2.24) is 4.57 Å². The van der Waals surface area contributed by atoms with Crippen molar-refractivity contribution >= 4 is 22.3 Å². The van der Waals surface area contributed by atoms with Crippen molar-refractivity contribution in [3.05, 3.63) is 38.7 Å². The maximum atomic E-state index is 13.2. The third-order valence-electron chi connectivity index (χ3n) is 5.47. The van der Waals surface area contributed by atoms with Crippen molar-refractivity contribution in [3.8, 4) is 5.75 Å². The van der Waals surface area contributed by atoms with Crippen molar-refractivity contribution in [1.29, 1.82) is 0 Å². The zero-order valence-electron chi connectivity index (χ0n) is 15.8. The fraction of sp³-hybridized carbons (Fsp3) is 0.526. The van der Waals surface area contributed by atoms with Crippen LogP contribution in [-0.4, -0.2) is 42.6 Å². The molecule has 2 aliphatic rings. The van der Waals surface area contributed by atoms with E-state index in [0.29, 0.717) is 29.1 Å². The van der Waals surface area contributed by atoms with Gasteiger partial charge in [-0.05, 0) is 24.8 Å². The Morgan fingerprint density at radius 1 is 1.32 bits per heavy atom. The quantitative estimate of drug-likeness (QED) is 0.460. The predicted octanol–water partition coefficient (Wildman–Crippen LogP) is 2.50. The first-order valence-electron chi connectivity index (χ1n) is 9.33. The maximum Gasteiger partial charge on any atom is 0.295 e. The molecule has 28 heavy (non-hydrogen) atoms. The minimum absolute atomic E-state index is 0.0380. The van der Waals surface area contributed by atoms with Crippen LogP contribution in [0.2, 0.25) is 0 Å². The van der Waals surface area contributed by atoms with Crippen LogP contribution in [0.1, 0.15) is 19.3 Å². The summed E-state index contributed by atoms with van der Waals surface area (Å²) in [6.45, 7) is 0.567. The van der Waals surface area contributed by atoms with Crippen LogP contribution in [0, 0.1) is 16.0 Å². The van der Waals surface area contributed by atoms with Gasteiger partial charge in [0.1, 0.15) is 0 Å². The molecule has 1 saturated carbocycles. The number of nitro benzene ring substituents is 1. The van der Waals surface area contributed by atoms with Crippen LogP contribution < -0.4 is 15.6 Å². The number of nitro groups is 1. The van der Waals surface area contributed by atoms with E-state index >= 15 is 0 Å². The van der Waals surface area contributed by atoms with Gasteiger partial charge in [-0.2, -0.15) is 0 Å². The summed E-state index contributed by atoms with van der Waals surface area (Å²) in [5, 5.41) is 15.4. The molecule has 9 heteroatoms. The zero-order chi connectivity index (χ0) is 19.8. The second-order valence-corrected chi connectivity index (χ2v) is 7.20. The highest BCUT2D eigenvalue weighted by Gasteiger charge is 2.34. The number of ether oxygens (including phenoxy) is 3. The van der Waals surface area contributed by atoms with Gasteiger partial charge in [0.2, 0.25) is 5.75 Å². The molecule has 1 aliphatic carbocycles. The number of methoxy groups -OCH3 is 2. The van der Waals surface area contributed by atoms with E-state index in [2.05, 4.69) is 5.32 Å². The molecule has 0 radical (unpaired) electrons. The van der Waals surface area contributed by atoms with E-state index in [0.717, 1.165) is 19.3 Å². The Balaban J connectivity index is 1.93. The van der Waals surface area contributed by atoms with Crippen LogP contribution in [0.25, 0.3) is 10.9 Å².